The van der Waals surface area contributed by atoms with Gasteiger partial charge in [0, 0.05) is 5.56 Å². The average molecular weight is 299 g/mol. The molecule has 0 saturated heterocycles. The maximum Gasteiger partial charge on any atom is 0.124 e. The minimum absolute atomic E-state index is 0.219. The summed E-state index contributed by atoms with van der Waals surface area (Å²) in [5, 5.41) is 0. The number of alkyl halides is 1. The van der Waals surface area contributed by atoms with Crippen LogP contribution in [0.4, 0.5) is 4.39 Å². The van der Waals surface area contributed by atoms with Crippen LogP contribution in [0, 0.1) is 12.7 Å². The molecule has 2 rings (SSSR count). The zero-order chi connectivity index (χ0) is 12.4. The van der Waals surface area contributed by atoms with Crippen LogP contribution in [-0.4, -0.2) is 7.11 Å². The maximum absolute atomic E-state index is 13.3. The number of aryl methyl sites for hydroxylation is 1. The normalized spacial score (nSPS) is 12.5. The molecule has 0 aliphatic heterocycles. The van der Waals surface area contributed by atoms with Gasteiger partial charge in [-0.3, -0.25) is 0 Å². The number of furan rings is 1. The minimum atomic E-state index is -0.297. The standard InChI is InChI=1S/C13H12BrFO2/c1-8-5-6-17-13(8)12(14)10-7-9(15)3-4-11(10)16-2/h3-7,12H,1-2H3. The number of benzene rings is 1. The molecule has 0 saturated carbocycles. The summed E-state index contributed by atoms with van der Waals surface area (Å²) in [7, 11) is 1.56. The Kier molecular flexibility index (Phi) is 3.52. The van der Waals surface area contributed by atoms with E-state index in [9.17, 15) is 4.39 Å². The first-order chi connectivity index (χ1) is 8.13. The Bertz CT molecular complexity index is 522. The summed E-state index contributed by atoms with van der Waals surface area (Å²) in [4.78, 5) is -0.219. The third-order valence-electron chi connectivity index (χ3n) is 2.60. The van der Waals surface area contributed by atoms with E-state index in [2.05, 4.69) is 15.9 Å². The largest absolute Gasteiger partial charge is 0.496 e. The smallest absolute Gasteiger partial charge is 0.124 e. The van der Waals surface area contributed by atoms with Crippen LogP contribution in [0.5, 0.6) is 5.75 Å². The highest BCUT2D eigenvalue weighted by atomic mass is 79.9. The number of halogens is 2. The Hall–Kier alpha value is -1.29. The molecule has 0 aliphatic rings. The van der Waals surface area contributed by atoms with Crippen molar-refractivity contribution in [2.45, 2.75) is 11.8 Å². The first-order valence-corrected chi connectivity index (χ1v) is 6.06. The van der Waals surface area contributed by atoms with Crippen molar-refractivity contribution in [1.82, 2.24) is 0 Å². The van der Waals surface area contributed by atoms with Crippen LogP contribution in [0.15, 0.2) is 34.9 Å². The van der Waals surface area contributed by atoms with E-state index < -0.39 is 0 Å². The molecule has 0 N–H and O–H groups in total. The topological polar surface area (TPSA) is 22.4 Å². The van der Waals surface area contributed by atoms with E-state index >= 15 is 0 Å². The van der Waals surface area contributed by atoms with Gasteiger partial charge in [0.1, 0.15) is 22.2 Å². The summed E-state index contributed by atoms with van der Waals surface area (Å²) < 4.78 is 23.9. The van der Waals surface area contributed by atoms with Crippen LogP contribution >= 0.6 is 15.9 Å². The van der Waals surface area contributed by atoms with Gasteiger partial charge in [-0.2, -0.15) is 0 Å². The Labute approximate surface area is 108 Å². The Morgan fingerprint density at radius 3 is 2.71 bits per heavy atom. The average Bonchev–Trinajstić information content (AvgIpc) is 2.74. The summed E-state index contributed by atoms with van der Waals surface area (Å²) in [5.74, 6) is 1.09. The van der Waals surface area contributed by atoms with Gasteiger partial charge in [-0.05, 0) is 36.8 Å². The van der Waals surface area contributed by atoms with Crippen LogP contribution < -0.4 is 4.74 Å². The summed E-state index contributed by atoms with van der Waals surface area (Å²) >= 11 is 3.51. The molecule has 90 valence electrons. The van der Waals surface area contributed by atoms with Crippen LogP contribution in [0.2, 0.25) is 0 Å². The monoisotopic (exact) mass is 298 g/mol. The van der Waals surface area contributed by atoms with Gasteiger partial charge in [-0.1, -0.05) is 15.9 Å². The fourth-order valence-electron chi connectivity index (χ4n) is 1.69. The van der Waals surface area contributed by atoms with Crippen LogP contribution in [0.3, 0.4) is 0 Å². The van der Waals surface area contributed by atoms with E-state index in [-0.39, 0.29) is 10.6 Å². The molecule has 0 aliphatic carbocycles. The molecular formula is C13H12BrFO2. The zero-order valence-electron chi connectivity index (χ0n) is 9.54. The molecule has 1 unspecified atom stereocenters. The molecule has 17 heavy (non-hydrogen) atoms. The van der Waals surface area contributed by atoms with Crippen molar-refractivity contribution in [2.24, 2.45) is 0 Å². The second kappa shape index (κ2) is 4.92. The maximum atomic E-state index is 13.3. The van der Waals surface area contributed by atoms with Crippen molar-refractivity contribution >= 4 is 15.9 Å². The molecular weight excluding hydrogens is 287 g/mol. The van der Waals surface area contributed by atoms with E-state index in [0.29, 0.717) is 11.3 Å². The lowest BCUT2D eigenvalue weighted by Gasteiger charge is -2.13. The first-order valence-electron chi connectivity index (χ1n) is 5.15. The van der Waals surface area contributed by atoms with Gasteiger partial charge in [-0.15, -0.1) is 0 Å². The van der Waals surface area contributed by atoms with Crippen molar-refractivity contribution in [3.8, 4) is 5.75 Å². The lowest BCUT2D eigenvalue weighted by atomic mass is 10.1. The third-order valence-corrected chi connectivity index (χ3v) is 3.51. The van der Waals surface area contributed by atoms with Crippen LogP contribution in [0.1, 0.15) is 21.7 Å². The van der Waals surface area contributed by atoms with E-state index in [1.807, 2.05) is 13.0 Å². The summed E-state index contributed by atoms with van der Waals surface area (Å²) in [5.41, 5.74) is 1.73. The molecule has 1 aromatic heterocycles. The highest BCUT2D eigenvalue weighted by Crippen LogP contribution is 2.38. The van der Waals surface area contributed by atoms with Gasteiger partial charge in [0.25, 0.3) is 0 Å². The highest BCUT2D eigenvalue weighted by molar-refractivity contribution is 9.09. The van der Waals surface area contributed by atoms with Gasteiger partial charge in [0.05, 0.1) is 13.4 Å². The quantitative estimate of drug-likeness (QED) is 0.792. The van der Waals surface area contributed by atoms with E-state index in [1.165, 1.54) is 12.1 Å². The van der Waals surface area contributed by atoms with Gasteiger partial charge in [0.2, 0.25) is 0 Å². The Balaban J connectivity index is 2.46. The summed E-state index contributed by atoms with van der Waals surface area (Å²) in [6, 6.07) is 6.30. The van der Waals surface area contributed by atoms with Gasteiger partial charge >= 0.3 is 0 Å². The third kappa shape index (κ3) is 2.36. The molecule has 1 heterocycles. The number of methoxy groups -OCH3 is 1. The highest BCUT2D eigenvalue weighted by Gasteiger charge is 2.20. The Morgan fingerprint density at radius 2 is 2.12 bits per heavy atom. The summed E-state index contributed by atoms with van der Waals surface area (Å²) in [6.07, 6.45) is 1.62. The van der Waals surface area contributed by atoms with Crippen molar-refractivity contribution in [3.63, 3.8) is 0 Å². The van der Waals surface area contributed by atoms with E-state index in [4.69, 9.17) is 9.15 Å². The number of hydrogen-bond acceptors (Lipinski definition) is 2. The fourth-order valence-corrected chi connectivity index (χ4v) is 2.52. The fraction of sp³-hybridized carbons (Fsp3) is 0.231. The van der Waals surface area contributed by atoms with Crippen LogP contribution in [-0.2, 0) is 0 Å². The van der Waals surface area contributed by atoms with E-state index in [0.717, 1.165) is 11.3 Å². The number of rotatable bonds is 3. The lowest BCUT2D eigenvalue weighted by Crippen LogP contribution is -1.98. The lowest BCUT2D eigenvalue weighted by molar-refractivity contribution is 0.407. The van der Waals surface area contributed by atoms with Gasteiger partial charge in [0.15, 0.2) is 0 Å². The number of ether oxygens (including phenoxy) is 1. The number of hydrogen-bond donors (Lipinski definition) is 0. The molecule has 0 radical (unpaired) electrons. The molecule has 1 atom stereocenters. The molecule has 0 spiro atoms. The van der Waals surface area contributed by atoms with Crippen molar-refractivity contribution in [2.75, 3.05) is 7.11 Å². The predicted octanol–water partition coefficient (Wildman–Crippen LogP) is 4.22. The molecule has 0 fully saturated rings. The second-order valence-electron chi connectivity index (χ2n) is 3.72. The predicted molar refractivity (Wildman–Crippen MR) is 67.2 cm³/mol. The van der Waals surface area contributed by atoms with Gasteiger partial charge in [-0.25, -0.2) is 4.39 Å². The zero-order valence-corrected chi connectivity index (χ0v) is 11.1. The Morgan fingerprint density at radius 1 is 1.35 bits per heavy atom. The second-order valence-corrected chi connectivity index (χ2v) is 4.63. The van der Waals surface area contributed by atoms with Crippen molar-refractivity contribution in [1.29, 1.82) is 0 Å². The van der Waals surface area contributed by atoms with E-state index in [1.54, 1.807) is 19.4 Å². The van der Waals surface area contributed by atoms with Crippen molar-refractivity contribution < 1.29 is 13.5 Å². The molecule has 4 heteroatoms. The molecule has 0 bridgehead atoms. The van der Waals surface area contributed by atoms with Crippen LogP contribution in [0.25, 0.3) is 0 Å². The summed E-state index contributed by atoms with van der Waals surface area (Å²) in [6.45, 7) is 1.94. The SMILES string of the molecule is COc1ccc(F)cc1C(Br)c1occc1C. The van der Waals surface area contributed by atoms with Gasteiger partial charge < -0.3 is 9.15 Å². The van der Waals surface area contributed by atoms with Crippen molar-refractivity contribution in [3.05, 3.63) is 53.2 Å². The first kappa shape index (κ1) is 12.2. The minimum Gasteiger partial charge on any atom is -0.496 e. The molecule has 2 nitrogen and oxygen atoms in total. The molecule has 0 amide bonds. The molecule has 2 aromatic rings. The molecule has 1 aromatic carbocycles.